The van der Waals surface area contributed by atoms with Crippen LogP contribution in [-0.2, 0) is 24.3 Å². The van der Waals surface area contributed by atoms with Crippen LogP contribution in [0.15, 0.2) is 24.5 Å². The Hall–Kier alpha value is -2.11. The minimum atomic E-state index is 0.179. The maximum absolute atomic E-state index is 12.4. The van der Waals surface area contributed by atoms with Crippen LogP contribution >= 0.6 is 0 Å². The smallest absolute Gasteiger partial charge is 0.225 e. The second kappa shape index (κ2) is 5.71. The molecule has 0 N–H and O–H groups in total. The lowest BCUT2D eigenvalue weighted by atomic mass is 10.2. The third-order valence-corrected chi connectivity index (χ3v) is 4.11. The Kier molecular flexibility index (Phi) is 3.77. The van der Waals surface area contributed by atoms with Crippen LogP contribution in [0, 0.1) is 0 Å². The van der Waals surface area contributed by atoms with Crippen molar-refractivity contribution in [1.29, 1.82) is 0 Å². The highest BCUT2D eigenvalue weighted by Gasteiger charge is 2.24. The van der Waals surface area contributed by atoms with Crippen molar-refractivity contribution in [3.63, 3.8) is 0 Å². The van der Waals surface area contributed by atoms with Gasteiger partial charge in [0.15, 0.2) is 5.82 Å². The van der Waals surface area contributed by atoms with E-state index in [2.05, 4.69) is 33.2 Å². The van der Waals surface area contributed by atoms with Crippen LogP contribution in [0.25, 0.3) is 0 Å². The number of amides is 1. The zero-order valence-corrected chi connectivity index (χ0v) is 12.6. The molecule has 0 unspecified atom stereocenters. The lowest BCUT2D eigenvalue weighted by Crippen LogP contribution is -2.39. The molecule has 0 radical (unpaired) electrons. The van der Waals surface area contributed by atoms with E-state index in [1.165, 1.54) is 0 Å². The number of fused-ring (bicyclic) bond motifs is 1. The fourth-order valence-electron chi connectivity index (χ4n) is 2.82. The molecule has 1 atom stereocenters. The van der Waals surface area contributed by atoms with Crippen molar-refractivity contribution >= 4 is 5.91 Å². The molecule has 2 aromatic rings. The second-order valence-electron chi connectivity index (χ2n) is 5.54. The van der Waals surface area contributed by atoms with Gasteiger partial charge in [0.05, 0.1) is 6.54 Å². The first-order valence-corrected chi connectivity index (χ1v) is 7.50. The van der Waals surface area contributed by atoms with Crippen LogP contribution in [-0.4, -0.2) is 36.7 Å². The molecule has 2 aromatic heterocycles. The van der Waals surface area contributed by atoms with Crippen LogP contribution < -0.4 is 0 Å². The maximum Gasteiger partial charge on any atom is 0.225 e. The minimum absolute atomic E-state index is 0.179. The quantitative estimate of drug-likeness (QED) is 0.859. The standard InChI is InChI=1S/C15H21N5O/c1-3-13-16-17-14-11-19(8-9-20(13)14)15(21)10-12(2)18-6-4-5-7-18/h4-7,12H,3,8-11H2,1-2H3/t12-/m0/s1. The molecule has 0 spiro atoms. The van der Waals surface area contributed by atoms with Gasteiger partial charge in [-0.05, 0) is 19.1 Å². The summed E-state index contributed by atoms with van der Waals surface area (Å²) in [6, 6.07) is 4.14. The van der Waals surface area contributed by atoms with E-state index in [1.54, 1.807) is 0 Å². The van der Waals surface area contributed by atoms with E-state index in [-0.39, 0.29) is 11.9 Å². The Morgan fingerprint density at radius 1 is 1.29 bits per heavy atom. The number of hydrogen-bond acceptors (Lipinski definition) is 3. The highest BCUT2D eigenvalue weighted by Crippen LogP contribution is 2.17. The number of nitrogens with zero attached hydrogens (tertiary/aromatic N) is 5. The predicted molar refractivity (Wildman–Crippen MR) is 78.6 cm³/mol. The molecular formula is C15H21N5O. The average molecular weight is 287 g/mol. The van der Waals surface area contributed by atoms with E-state index in [4.69, 9.17) is 0 Å². The fourth-order valence-corrected chi connectivity index (χ4v) is 2.82. The van der Waals surface area contributed by atoms with Crippen molar-refractivity contribution in [1.82, 2.24) is 24.2 Å². The monoisotopic (exact) mass is 287 g/mol. The molecule has 112 valence electrons. The van der Waals surface area contributed by atoms with Gasteiger partial charge in [-0.15, -0.1) is 10.2 Å². The molecule has 3 heterocycles. The number of carbonyl (C=O) groups excluding carboxylic acids is 1. The topological polar surface area (TPSA) is 56.0 Å². The lowest BCUT2D eigenvalue weighted by Gasteiger charge is -2.29. The molecule has 1 aliphatic rings. The molecule has 0 bridgehead atoms. The van der Waals surface area contributed by atoms with Gasteiger partial charge in [0.25, 0.3) is 0 Å². The predicted octanol–water partition coefficient (Wildman–Crippen LogP) is 1.64. The van der Waals surface area contributed by atoms with Crippen molar-refractivity contribution in [2.75, 3.05) is 6.54 Å². The summed E-state index contributed by atoms with van der Waals surface area (Å²) in [5.74, 6) is 2.10. The van der Waals surface area contributed by atoms with Crippen LogP contribution in [0.1, 0.15) is 38.0 Å². The fraction of sp³-hybridized carbons (Fsp3) is 0.533. The highest BCUT2D eigenvalue weighted by molar-refractivity contribution is 5.76. The number of aryl methyl sites for hydroxylation is 1. The van der Waals surface area contributed by atoms with Gasteiger partial charge in [-0.25, -0.2) is 0 Å². The molecule has 1 aliphatic heterocycles. The van der Waals surface area contributed by atoms with E-state index >= 15 is 0 Å². The lowest BCUT2D eigenvalue weighted by molar-refractivity contribution is -0.133. The summed E-state index contributed by atoms with van der Waals surface area (Å²) in [4.78, 5) is 14.3. The molecule has 0 fully saturated rings. The first kappa shape index (κ1) is 13.9. The third-order valence-electron chi connectivity index (χ3n) is 4.11. The van der Waals surface area contributed by atoms with E-state index in [9.17, 15) is 4.79 Å². The summed E-state index contributed by atoms with van der Waals surface area (Å²) in [6.07, 6.45) is 5.39. The Morgan fingerprint density at radius 2 is 2.05 bits per heavy atom. The molecule has 0 aromatic carbocycles. The van der Waals surface area contributed by atoms with Gasteiger partial charge in [-0.3, -0.25) is 4.79 Å². The highest BCUT2D eigenvalue weighted by atomic mass is 16.2. The van der Waals surface area contributed by atoms with Crippen molar-refractivity contribution in [2.45, 2.75) is 45.8 Å². The summed E-state index contributed by atoms with van der Waals surface area (Å²) in [7, 11) is 0. The number of hydrogen-bond donors (Lipinski definition) is 0. The average Bonchev–Trinajstić information content (AvgIpc) is 3.15. The van der Waals surface area contributed by atoms with Gasteiger partial charge >= 0.3 is 0 Å². The number of aromatic nitrogens is 4. The van der Waals surface area contributed by atoms with Crippen LogP contribution in [0.2, 0.25) is 0 Å². The first-order chi connectivity index (χ1) is 10.2. The van der Waals surface area contributed by atoms with E-state index in [1.807, 2.05) is 29.4 Å². The molecule has 21 heavy (non-hydrogen) atoms. The van der Waals surface area contributed by atoms with Crippen molar-refractivity contribution in [3.05, 3.63) is 36.2 Å². The summed E-state index contributed by atoms with van der Waals surface area (Å²) in [5.41, 5.74) is 0. The van der Waals surface area contributed by atoms with E-state index in [0.717, 1.165) is 31.2 Å². The second-order valence-corrected chi connectivity index (χ2v) is 5.54. The Morgan fingerprint density at radius 3 is 2.76 bits per heavy atom. The van der Waals surface area contributed by atoms with Crippen LogP contribution in [0.5, 0.6) is 0 Å². The molecule has 6 heteroatoms. The summed E-state index contributed by atoms with van der Waals surface area (Å²) < 4.78 is 4.21. The molecule has 0 saturated heterocycles. The largest absolute Gasteiger partial charge is 0.351 e. The van der Waals surface area contributed by atoms with Crippen LogP contribution in [0.3, 0.4) is 0 Å². The minimum Gasteiger partial charge on any atom is -0.351 e. The van der Waals surface area contributed by atoms with Crippen molar-refractivity contribution in [2.24, 2.45) is 0 Å². The third kappa shape index (κ3) is 2.70. The Labute approximate surface area is 124 Å². The number of carbonyl (C=O) groups is 1. The molecule has 0 aliphatic carbocycles. The summed E-state index contributed by atoms with van der Waals surface area (Å²) >= 11 is 0. The van der Waals surface area contributed by atoms with Crippen molar-refractivity contribution < 1.29 is 4.79 Å². The summed E-state index contributed by atoms with van der Waals surface area (Å²) in [5, 5.41) is 8.39. The van der Waals surface area contributed by atoms with Crippen molar-refractivity contribution in [3.8, 4) is 0 Å². The normalized spacial score (nSPS) is 15.8. The zero-order valence-electron chi connectivity index (χ0n) is 12.6. The molecule has 3 rings (SSSR count). The van der Waals surface area contributed by atoms with Gasteiger partial charge < -0.3 is 14.0 Å². The molecule has 1 amide bonds. The Balaban J connectivity index is 1.64. The van der Waals surface area contributed by atoms with Crippen LogP contribution in [0.4, 0.5) is 0 Å². The van der Waals surface area contributed by atoms with Gasteiger partial charge in [0, 0.05) is 44.4 Å². The first-order valence-electron chi connectivity index (χ1n) is 7.50. The summed E-state index contributed by atoms with van der Waals surface area (Å²) in [6.45, 7) is 6.27. The molecule has 6 nitrogen and oxygen atoms in total. The SMILES string of the molecule is CCc1nnc2n1CCN(C(=O)C[C@H](C)n1cccc1)C2. The van der Waals surface area contributed by atoms with Gasteiger partial charge in [-0.2, -0.15) is 0 Å². The van der Waals surface area contributed by atoms with Gasteiger partial charge in [0.2, 0.25) is 5.91 Å². The molecular weight excluding hydrogens is 266 g/mol. The van der Waals surface area contributed by atoms with E-state index < -0.39 is 0 Å². The van der Waals surface area contributed by atoms with E-state index in [0.29, 0.717) is 13.0 Å². The van der Waals surface area contributed by atoms with Gasteiger partial charge in [-0.1, -0.05) is 6.92 Å². The zero-order chi connectivity index (χ0) is 14.8. The van der Waals surface area contributed by atoms with Gasteiger partial charge in [0.1, 0.15) is 5.82 Å². The molecule has 0 saturated carbocycles. The Bertz CT molecular complexity index is 616. The maximum atomic E-state index is 12.4. The number of rotatable bonds is 4.